The molecule has 0 aliphatic heterocycles. The maximum atomic E-state index is 11.9. The zero-order chi connectivity index (χ0) is 12.8. The fraction of sp³-hybridized carbons (Fsp3) is 0.917. The monoisotopic (exact) mass is 230 g/mol. The predicted octanol–water partition coefficient (Wildman–Crippen LogP) is 1.12. The minimum absolute atomic E-state index is 0.0329. The van der Waals surface area contributed by atoms with Crippen LogP contribution in [0.15, 0.2) is 0 Å². The Labute approximate surface area is 98.8 Å². The van der Waals surface area contributed by atoms with E-state index in [9.17, 15) is 9.90 Å². The largest absolute Gasteiger partial charge is 0.389 e. The van der Waals surface area contributed by atoms with E-state index in [-0.39, 0.29) is 11.9 Å². The first-order chi connectivity index (χ1) is 7.30. The van der Waals surface area contributed by atoms with Crippen LogP contribution in [0, 0.1) is 0 Å². The van der Waals surface area contributed by atoms with Crippen molar-refractivity contribution < 1.29 is 9.90 Å². The topological polar surface area (TPSA) is 66.6 Å². The van der Waals surface area contributed by atoms with E-state index in [0.717, 1.165) is 12.8 Å². The summed E-state index contributed by atoms with van der Waals surface area (Å²) in [5, 5.41) is 9.68. The van der Waals surface area contributed by atoms with Gasteiger partial charge in [-0.25, -0.2) is 0 Å². The van der Waals surface area contributed by atoms with Crippen molar-refractivity contribution in [2.24, 2.45) is 5.73 Å². The van der Waals surface area contributed by atoms with Gasteiger partial charge < -0.3 is 15.7 Å². The maximum Gasteiger partial charge on any atom is 0.224 e. The van der Waals surface area contributed by atoms with Crippen LogP contribution in [0.5, 0.6) is 0 Å². The molecule has 0 saturated carbocycles. The average molecular weight is 230 g/mol. The molecule has 0 heterocycles. The Morgan fingerprint density at radius 3 is 2.38 bits per heavy atom. The molecule has 0 aliphatic carbocycles. The number of rotatable bonds is 7. The molecule has 0 saturated heterocycles. The van der Waals surface area contributed by atoms with Gasteiger partial charge in [-0.2, -0.15) is 0 Å². The lowest BCUT2D eigenvalue weighted by Crippen LogP contribution is -2.43. The third-order valence-corrected chi connectivity index (χ3v) is 2.41. The number of nitrogens with zero attached hydrogens (tertiary/aromatic N) is 1. The smallest absolute Gasteiger partial charge is 0.224 e. The normalized spacial score (nSPS) is 13.6. The van der Waals surface area contributed by atoms with E-state index in [2.05, 4.69) is 6.92 Å². The molecule has 16 heavy (non-hydrogen) atoms. The molecule has 0 rings (SSSR count). The highest BCUT2D eigenvalue weighted by Crippen LogP contribution is 2.08. The van der Waals surface area contributed by atoms with E-state index in [1.54, 1.807) is 18.7 Å². The van der Waals surface area contributed by atoms with E-state index in [1.807, 2.05) is 6.92 Å². The van der Waals surface area contributed by atoms with Gasteiger partial charge in [-0.05, 0) is 27.2 Å². The number of hydrogen-bond donors (Lipinski definition) is 2. The van der Waals surface area contributed by atoms with Gasteiger partial charge in [0.15, 0.2) is 0 Å². The van der Waals surface area contributed by atoms with Crippen molar-refractivity contribution in [3.63, 3.8) is 0 Å². The van der Waals surface area contributed by atoms with Gasteiger partial charge in [-0.15, -0.1) is 0 Å². The van der Waals surface area contributed by atoms with Crippen molar-refractivity contribution in [2.45, 2.75) is 58.6 Å². The molecule has 4 nitrogen and oxygen atoms in total. The molecular weight excluding hydrogens is 204 g/mol. The van der Waals surface area contributed by atoms with Crippen LogP contribution in [0.2, 0.25) is 0 Å². The van der Waals surface area contributed by atoms with Crippen LogP contribution in [0.1, 0.15) is 47.0 Å². The van der Waals surface area contributed by atoms with Crippen molar-refractivity contribution in [1.29, 1.82) is 0 Å². The van der Waals surface area contributed by atoms with Crippen LogP contribution in [0.3, 0.4) is 0 Å². The first kappa shape index (κ1) is 15.4. The zero-order valence-corrected chi connectivity index (χ0v) is 11.0. The quantitative estimate of drug-likeness (QED) is 0.689. The van der Waals surface area contributed by atoms with Gasteiger partial charge >= 0.3 is 0 Å². The molecule has 1 unspecified atom stereocenters. The van der Waals surface area contributed by atoms with Crippen LogP contribution in [0.4, 0.5) is 0 Å². The number of amides is 1. The van der Waals surface area contributed by atoms with E-state index < -0.39 is 5.60 Å². The summed E-state index contributed by atoms with van der Waals surface area (Å²) in [6, 6.07) is -0.0617. The number of aliphatic hydroxyl groups is 1. The van der Waals surface area contributed by atoms with Crippen molar-refractivity contribution in [3.05, 3.63) is 0 Å². The molecule has 0 spiro atoms. The van der Waals surface area contributed by atoms with Gasteiger partial charge in [0.2, 0.25) is 5.91 Å². The molecule has 1 atom stereocenters. The SMILES string of the molecule is CCCC(N)CC(=O)N(CC)CC(C)(C)O. The minimum Gasteiger partial charge on any atom is -0.389 e. The molecule has 4 heteroatoms. The Morgan fingerprint density at radius 2 is 2.00 bits per heavy atom. The van der Waals surface area contributed by atoms with Gasteiger partial charge in [0.25, 0.3) is 0 Å². The fourth-order valence-electron chi connectivity index (χ4n) is 1.67. The Kier molecular flexibility index (Phi) is 6.60. The highest BCUT2D eigenvalue weighted by Gasteiger charge is 2.22. The molecule has 0 aliphatic rings. The number of nitrogens with two attached hydrogens (primary N) is 1. The molecule has 0 fully saturated rings. The Morgan fingerprint density at radius 1 is 1.44 bits per heavy atom. The molecule has 0 bridgehead atoms. The molecule has 96 valence electrons. The summed E-state index contributed by atoms with van der Waals surface area (Å²) in [6.45, 7) is 8.35. The maximum absolute atomic E-state index is 11.9. The van der Waals surface area contributed by atoms with Crippen molar-refractivity contribution in [2.75, 3.05) is 13.1 Å². The summed E-state index contributed by atoms with van der Waals surface area (Å²) in [4.78, 5) is 13.5. The van der Waals surface area contributed by atoms with Crippen LogP contribution in [-0.2, 0) is 4.79 Å². The van der Waals surface area contributed by atoms with Crippen molar-refractivity contribution in [3.8, 4) is 0 Å². The van der Waals surface area contributed by atoms with Gasteiger partial charge in [0.05, 0.1) is 5.60 Å². The molecule has 0 aromatic heterocycles. The highest BCUT2D eigenvalue weighted by atomic mass is 16.3. The van der Waals surface area contributed by atoms with Crippen LogP contribution in [-0.4, -0.2) is 40.6 Å². The van der Waals surface area contributed by atoms with Crippen LogP contribution < -0.4 is 5.73 Å². The van der Waals surface area contributed by atoms with Gasteiger partial charge in [-0.3, -0.25) is 4.79 Å². The lowest BCUT2D eigenvalue weighted by molar-refractivity contribution is -0.134. The van der Waals surface area contributed by atoms with Crippen molar-refractivity contribution in [1.82, 2.24) is 4.90 Å². The number of likely N-dealkylation sites (N-methyl/N-ethyl adjacent to an activating group) is 1. The number of carbonyl (C=O) groups is 1. The lowest BCUT2D eigenvalue weighted by Gasteiger charge is -2.29. The van der Waals surface area contributed by atoms with Gasteiger partial charge in [0, 0.05) is 25.6 Å². The molecule has 0 aromatic rings. The molecule has 0 aromatic carbocycles. The van der Waals surface area contributed by atoms with Crippen molar-refractivity contribution >= 4 is 5.91 Å². The third kappa shape index (κ3) is 6.80. The fourth-order valence-corrected chi connectivity index (χ4v) is 1.67. The lowest BCUT2D eigenvalue weighted by atomic mass is 10.1. The molecule has 1 amide bonds. The van der Waals surface area contributed by atoms with Gasteiger partial charge in [-0.1, -0.05) is 13.3 Å². The summed E-state index contributed by atoms with van der Waals surface area (Å²) in [6.07, 6.45) is 2.23. The summed E-state index contributed by atoms with van der Waals surface area (Å²) >= 11 is 0. The van der Waals surface area contributed by atoms with E-state index >= 15 is 0 Å². The summed E-state index contributed by atoms with van der Waals surface area (Å²) in [5.74, 6) is 0.0329. The number of carbonyl (C=O) groups excluding carboxylic acids is 1. The minimum atomic E-state index is -0.847. The van der Waals surface area contributed by atoms with E-state index in [0.29, 0.717) is 19.5 Å². The molecular formula is C12H26N2O2. The Balaban J connectivity index is 4.21. The summed E-state index contributed by atoms with van der Waals surface area (Å²) in [5.41, 5.74) is 4.98. The Hall–Kier alpha value is -0.610. The summed E-state index contributed by atoms with van der Waals surface area (Å²) in [7, 11) is 0. The number of hydrogen-bond acceptors (Lipinski definition) is 3. The average Bonchev–Trinajstić information content (AvgIpc) is 2.12. The summed E-state index contributed by atoms with van der Waals surface area (Å²) < 4.78 is 0. The van der Waals surface area contributed by atoms with Crippen LogP contribution >= 0.6 is 0 Å². The molecule has 0 radical (unpaired) electrons. The second kappa shape index (κ2) is 6.86. The first-order valence-electron chi connectivity index (χ1n) is 6.05. The standard InChI is InChI=1S/C12H26N2O2/c1-5-7-10(13)8-11(15)14(6-2)9-12(3,4)16/h10,16H,5-9,13H2,1-4H3. The second-order valence-electron chi connectivity index (χ2n) is 4.97. The first-order valence-corrected chi connectivity index (χ1v) is 6.05. The predicted molar refractivity (Wildman–Crippen MR) is 66.1 cm³/mol. The second-order valence-corrected chi connectivity index (χ2v) is 4.97. The third-order valence-electron chi connectivity index (χ3n) is 2.41. The highest BCUT2D eigenvalue weighted by molar-refractivity contribution is 5.76. The zero-order valence-electron chi connectivity index (χ0n) is 11.0. The van der Waals surface area contributed by atoms with Crippen LogP contribution in [0.25, 0.3) is 0 Å². The molecule has 3 N–H and O–H groups in total. The van der Waals surface area contributed by atoms with E-state index in [4.69, 9.17) is 5.73 Å². The Bertz CT molecular complexity index is 212. The van der Waals surface area contributed by atoms with Gasteiger partial charge in [0.1, 0.15) is 0 Å². The van der Waals surface area contributed by atoms with E-state index in [1.165, 1.54) is 0 Å².